The fourth-order valence-corrected chi connectivity index (χ4v) is 6.06. The topological polar surface area (TPSA) is 42.0 Å². The number of thiazole rings is 1. The molecule has 0 aliphatic heterocycles. The Morgan fingerprint density at radius 3 is 2.47 bits per heavy atom. The minimum atomic E-state index is -0.384. The molecule has 150 valence electrons. The van der Waals surface area contributed by atoms with Crippen LogP contribution in [-0.4, -0.2) is 10.9 Å². The van der Waals surface area contributed by atoms with Crippen LogP contribution in [0.3, 0.4) is 0 Å². The summed E-state index contributed by atoms with van der Waals surface area (Å²) >= 11 is 3.33. The Labute approximate surface area is 184 Å². The lowest BCUT2D eigenvalue weighted by Gasteiger charge is -2.26. The molecule has 1 saturated carbocycles. The highest BCUT2D eigenvalue weighted by Gasteiger charge is 2.43. The predicted octanol–water partition coefficient (Wildman–Crippen LogP) is 6.99. The molecule has 30 heavy (non-hydrogen) atoms. The summed E-state index contributed by atoms with van der Waals surface area (Å²) in [4.78, 5) is 19.3. The van der Waals surface area contributed by atoms with Gasteiger partial charge in [-0.1, -0.05) is 61.4 Å². The standard InChI is InChI=1S/C25H22N2OS2/c28-24(25(13-4-5-14-25)22-12-7-15-29-22)26-20-11-6-10-19(16-20)21-17-30-23(27-21)18-8-2-1-3-9-18/h1-3,6-12,15-17H,4-5,13-14H2,(H,26,28). The van der Waals surface area contributed by atoms with Crippen LogP contribution in [0.2, 0.25) is 0 Å². The number of rotatable bonds is 5. The lowest BCUT2D eigenvalue weighted by molar-refractivity contribution is -0.121. The number of anilines is 1. The van der Waals surface area contributed by atoms with Gasteiger partial charge in [-0.25, -0.2) is 4.98 Å². The van der Waals surface area contributed by atoms with Crippen molar-refractivity contribution in [3.05, 3.63) is 82.4 Å². The molecule has 2 aromatic heterocycles. The van der Waals surface area contributed by atoms with E-state index < -0.39 is 0 Å². The second-order valence-electron chi connectivity index (χ2n) is 7.71. The summed E-state index contributed by atoms with van der Waals surface area (Å²) in [5.41, 5.74) is 3.52. The number of carbonyl (C=O) groups is 1. The first kappa shape index (κ1) is 19.2. The molecule has 2 heterocycles. The van der Waals surface area contributed by atoms with E-state index in [0.29, 0.717) is 0 Å². The number of nitrogens with one attached hydrogen (secondary N) is 1. The summed E-state index contributed by atoms with van der Waals surface area (Å²) in [6.07, 6.45) is 4.05. The maximum absolute atomic E-state index is 13.4. The minimum Gasteiger partial charge on any atom is -0.325 e. The third-order valence-electron chi connectivity index (χ3n) is 5.83. The Bertz CT molecular complexity index is 1140. The van der Waals surface area contributed by atoms with E-state index in [1.807, 2.05) is 48.5 Å². The van der Waals surface area contributed by atoms with E-state index in [0.717, 1.165) is 53.2 Å². The Hall–Kier alpha value is -2.76. The van der Waals surface area contributed by atoms with E-state index in [4.69, 9.17) is 4.98 Å². The van der Waals surface area contributed by atoms with Crippen molar-refractivity contribution < 1.29 is 4.79 Å². The highest BCUT2D eigenvalue weighted by atomic mass is 32.1. The van der Waals surface area contributed by atoms with E-state index >= 15 is 0 Å². The van der Waals surface area contributed by atoms with Crippen LogP contribution < -0.4 is 5.32 Å². The van der Waals surface area contributed by atoms with Crippen LogP contribution in [-0.2, 0) is 10.2 Å². The monoisotopic (exact) mass is 430 g/mol. The normalized spacial score (nSPS) is 15.2. The Morgan fingerprint density at radius 2 is 1.70 bits per heavy atom. The maximum atomic E-state index is 13.4. The van der Waals surface area contributed by atoms with E-state index in [9.17, 15) is 4.79 Å². The highest BCUT2D eigenvalue weighted by molar-refractivity contribution is 7.13. The average Bonchev–Trinajstić information content (AvgIpc) is 3.56. The molecule has 3 nitrogen and oxygen atoms in total. The van der Waals surface area contributed by atoms with Gasteiger partial charge in [0, 0.05) is 27.1 Å². The van der Waals surface area contributed by atoms with Crippen LogP contribution in [0, 0.1) is 0 Å². The molecule has 1 aliphatic carbocycles. The molecule has 0 spiro atoms. The van der Waals surface area contributed by atoms with Gasteiger partial charge >= 0.3 is 0 Å². The van der Waals surface area contributed by atoms with Gasteiger partial charge in [0.25, 0.3) is 0 Å². The maximum Gasteiger partial charge on any atom is 0.235 e. The molecule has 1 fully saturated rings. The molecule has 0 saturated heterocycles. The zero-order valence-electron chi connectivity index (χ0n) is 16.5. The molecule has 0 bridgehead atoms. The van der Waals surface area contributed by atoms with Gasteiger partial charge in [0.2, 0.25) is 5.91 Å². The number of amides is 1. The second kappa shape index (κ2) is 8.17. The van der Waals surface area contributed by atoms with E-state index in [1.165, 1.54) is 4.88 Å². The van der Waals surface area contributed by atoms with Crippen molar-refractivity contribution in [2.75, 3.05) is 5.32 Å². The number of thiophene rings is 1. The zero-order chi connectivity index (χ0) is 20.4. The third kappa shape index (κ3) is 3.59. The molecule has 0 unspecified atom stereocenters. The fraction of sp³-hybridized carbons (Fsp3) is 0.200. The van der Waals surface area contributed by atoms with Gasteiger partial charge in [-0.2, -0.15) is 0 Å². The van der Waals surface area contributed by atoms with Crippen molar-refractivity contribution in [3.8, 4) is 21.8 Å². The molecule has 1 amide bonds. The van der Waals surface area contributed by atoms with Gasteiger partial charge in [-0.05, 0) is 36.4 Å². The summed E-state index contributed by atoms with van der Waals surface area (Å²) < 4.78 is 0. The van der Waals surface area contributed by atoms with Crippen molar-refractivity contribution in [1.82, 2.24) is 4.98 Å². The molecule has 4 aromatic rings. The van der Waals surface area contributed by atoms with E-state index in [1.54, 1.807) is 22.7 Å². The smallest absolute Gasteiger partial charge is 0.235 e. The van der Waals surface area contributed by atoms with Crippen LogP contribution in [0.5, 0.6) is 0 Å². The van der Waals surface area contributed by atoms with Gasteiger partial charge < -0.3 is 5.32 Å². The number of benzene rings is 2. The number of aromatic nitrogens is 1. The first-order valence-corrected chi connectivity index (χ1v) is 12.0. The molecule has 2 aromatic carbocycles. The average molecular weight is 431 g/mol. The van der Waals surface area contributed by atoms with Gasteiger partial charge in [-0.3, -0.25) is 4.79 Å². The summed E-state index contributed by atoms with van der Waals surface area (Å²) in [5.74, 6) is 0.114. The lowest BCUT2D eigenvalue weighted by atomic mass is 9.83. The molecular weight excluding hydrogens is 408 g/mol. The van der Waals surface area contributed by atoms with E-state index in [-0.39, 0.29) is 11.3 Å². The number of hydrogen-bond acceptors (Lipinski definition) is 4. The minimum absolute atomic E-state index is 0.114. The molecule has 5 rings (SSSR count). The lowest BCUT2D eigenvalue weighted by Crippen LogP contribution is -2.37. The van der Waals surface area contributed by atoms with Gasteiger partial charge in [0.1, 0.15) is 5.01 Å². The third-order valence-corrected chi connectivity index (χ3v) is 7.79. The van der Waals surface area contributed by atoms with Crippen LogP contribution in [0.4, 0.5) is 5.69 Å². The second-order valence-corrected chi connectivity index (χ2v) is 9.51. The molecular formula is C25H22N2OS2. The Morgan fingerprint density at radius 1 is 0.900 bits per heavy atom. The quantitative estimate of drug-likeness (QED) is 0.371. The Kier molecular flexibility index (Phi) is 5.23. The Balaban J connectivity index is 1.39. The molecule has 5 heteroatoms. The highest BCUT2D eigenvalue weighted by Crippen LogP contribution is 2.44. The SMILES string of the molecule is O=C(Nc1cccc(-c2csc(-c3ccccc3)n2)c1)C1(c2cccs2)CCCC1. The van der Waals surface area contributed by atoms with Crippen molar-refractivity contribution >= 4 is 34.3 Å². The van der Waals surface area contributed by atoms with Gasteiger partial charge in [-0.15, -0.1) is 22.7 Å². The van der Waals surface area contributed by atoms with Gasteiger partial charge in [0.05, 0.1) is 11.1 Å². The van der Waals surface area contributed by atoms with Crippen molar-refractivity contribution in [1.29, 1.82) is 0 Å². The van der Waals surface area contributed by atoms with Crippen LogP contribution in [0.1, 0.15) is 30.6 Å². The first-order chi connectivity index (χ1) is 14.7. The van der Waals surface area contributed by atoms with Crippen LogP contribution >= 0.6 is 22.7 Å². The zero-order valence-corrected chi connectivity index (χ0v) is 18.1. The molecule has 1 aliphatic rings. The summed E-state index contributed by atoms with van der Waals surface area (Å²) in [5, 5.41) is 8.35. The summed E-state index contributed by atoms with van der Waals surface area (Å²) in [6, 6.07) is 22.4. The molecule has 0 atom stereocenters. The largest absolute Gasteiger partial charge is 0.325 e. The predicted molar refractivity (Wildman–Crippen MR) is 126 cm³/mol. The van der Waals surface area contributed by atoms with Crippen molar-refractivity contribution in [2.24, 2.45) is 0 Å². The number of nitrogens with zero attached hydrogens (tertiary/aromatic N) is 1. The number of hydrogen-bond donors (Lipinski definition) is 1. The summed E-state index contributed by atoms with van der Waals surface area (Å²) in [6.45, 7) is 0. The van der Waals surface area contributed by atoms with Crippen LogP contribution in [0.25, 0.3) is 21.8 Å². The molecule has 1 N–H and O–H groups in total. The number of carbonyl (C=O) groups excluding carboxylic acids is 1. The van der Waals surface area contributed by atoms with Crippen LogP contribution in [0.15, 0.2) is 77.5 Å². The molecule has 0 radical (unpaired) electrons. The summed E-state index contributed by atoms with van der Waals surface area (Å²) in [7, 11) is 0. The van der Waals surface area contributed by atoms with E-state index in [2.05, 4.69) is 34.3 Å². The van der Waals surface area contributed by atoms with Crippen molar-refractivity contribution in [2.45, 2.75) is 31.1 Å². The first-order valence-electron chi connectivity index (χ1n) is 10.2. The van der Waals surface area contributed by atoms with Crippen molar-refractivity contribution in [3.63, 3.8) is 0 Å². The fourth-order valence-electron chi connectivity index (χ4n) is 4.24. The van der Waals surface area contributed by atoms with Gasteiger partial charge in [0.15, 0.2) is 0 Å².